The van der Waals surface area contributed by atoms with E-state index in [-0.39, 0.29) is 11.5 Å². The van der Waals surface area contributed by atoms with Gasteiger partial charge in [-0.3, -0.25) is 19.7 Å². The van der Waals surface area contributed by atoms with Gasteiger partial charge in [-0.2, -0.15) is 0 Å². The summed E-state index contributed by atoms with van der Waals surface area (Å²) in [4.78, 5) is 27.4. The summed E-state index contributed by atoms with van der Waals surface area (Å²) >= 11 is 0. The molecule has 2 aromatic carbocycles. The summed E-state index contributed by atoms with van der Waals surface area (Å²) in [5.74, 6) is -0.0819. The molecule has 0 spiro atoms. The molecular formula is C27H28FN5O4. The van der Waals surface area contributed by atoms with Gasteiger partial charge < -0.3 is 20.5 Å². The number of imidazole rings is 1. The Morgan fingerprint density at radius 3 is 2.59 bits per heavy atom. The normalized spacial score (nSPS) is 11.8. The van der Waals surface area contributed by atoms with E-state index in [1.165, 1.54) is 18.3 Å². The molecule has 0 radical (unpaired) electrons. The van der Waals surface area contributed by atoms with Crippen LogP contribution >= 0.6 is 0 Å². The van der Waals surface area contributed by atoms with E-state index in [2.05, 4.69) is 5.32 Å². The lowest BCUT2D eigenvalue weighted by atomic mass is 10.00. The fourth-order valence-electron chi connectivity index (χ4n) is 4.15. The van der Waals surface area contributed by atoms with Gasteiger partial charge in [0.2, 0.25) is 6.23 Å². The van der Waals surface area contributed by atoms with E-state index in [1.54, 1.807) is 16.5 Å². The molecule has 0 aliphatic rings. The number of aromatic nitrogens is 2. The van der Waals surface area contributed by atoms with Gasteiger partial charge >= 0.3 is 0 Å². The van der Waals surface area contributed by atoms with Crippen LogP contribution in [0.1, 0.15) is 23.6 Å². The van der Waals surface area contributed by atoms with Crippen molar-refractivity contribution in [1.82, 2.24) is 9.38 Å². The fourth-order valence-corrected chi connectivity index (χ4v) is 4.15. The monoisotopic (exact) mass is 505 g/mol. The number of amides is 1. The highest BCUT2D eigenvalue weighted by atomic mass is 19.1. The van der Waals surface area contributed by atoms with E-state index in [0.29, 0.717) is 35.4 Å². The first-order valence-corrected chi connectivity index (χ1v) is 11.7. The van der Waals surface area contributed by atoms with Crippen molar-refractivity contribution in [3.05, 3.63) is 71.2 Å². The number of halogens is 1. The molecule has 0 fully saturated rings. The van der Waals surface area contributed by atoms with Crippen molar-refractivity contribution in [1.29, 1.82) is 0 Å². The van der Waals surface area contributed by atoms with Crippen LogP contribution in [0.15, 0.2) is 48.7 Å². The third-order valence-corrected chi connectivity index (χ3v) is 5.86. The zero-order valence-electron chi connectivity index (χ0n) is 20.7. The summed E-state index contributed by atoms with van der Waals surface area (Å²) in [6.07, 6.45) is 1.14. The predicted octanol–water partition coefficient (Wildman–Crippen LogP) is 3.79. The quantitative estimate of drug-likeness (QED) is 0.221. The molecule has 4 rings (SSSR count). The lowest BCUT2D eigenvalue weighted by molar-refractivity contribution is -0.120. The third kappa shape index (κ3) is 5.39. The minimum Gasteiger partial charge on any atom is -0.483 e. The molecule has 0 bridgehead atoms. The van der Waals surface area contributed by atoms with Crippen LogP contribution in [-0.2, 0) is 16.0 Å². The number of carbonyl (C=O) groups is 2. The number of pyridine rings is 1. The lowest BCUT2D eigenvalue weighted by Crippen LogP contribution is -2.28. The van der Waals surface area contributed by atoms with Crippen molar-refractivity contribution in [2.45, 2.75) is 33.4 Å². The molecule has 0 saturated heterocycles. The molecule has 37 heavy (non-hydrogen) atoms. The number of ether oxygens (including phenoxy) is 2. The van der Waals surface area contributed by atoms with Crippen LogP contribution in [0.2, 0.25) is 0 Å². The van der Waals surface area contributed by atoms with Gasteiger partial charge in [0.1, 0.15) is 34.5 Å². The molecule has 192 valence electrons. The van der Waals surface area contributed by atoms with E-state index < -0.39 is 24.6 Å². The number of primary amides is 1. The van der Waals surface area contributed by atoms with Gasteiger partial charge in [0.05, 0.1) is 0 Å². The molecule has 2 aromatic heterocycles. The van der Waals surface area contributed by atoms with Crippen molar-refractivity contribution in [2.75, 3.05) is 11.9 Å². The molecule has 4 aromatic rings. The van der Waals surface area contributed by atoms with E-state index in [1.807, 2.05) is 39.0 Å². The zero-order valence-corrected chi connectivity index (χ0v) is 20.7. The van der Waals surface area contributed by atoms with E-state index >= 15 is 0 Å². The maximum absolute atomic E-state index is 14.4. The fraction of sp³-hybridized carbons (Fsp3) is 0.222. The highest BCUT2D eigenvalue weighted by Crippen LogP contribution is 2.42. The molecule has 0 aliphatic heterocycles. The van der Waals surface area contributed by atoms with Crippen LogP contribution < -0.4 is 26.3 Å². The molecule has 1 atom stereocenters. The average Bonchev–Trinajstić information content (AvgIpc) is 3.21. The first-order chi connectivity index (χ1) is 17.7. The van der Waals surface area contributed by atoms with Crippen molar-refractivity contribution >= 4 is 29.3 Å². The van der Waals surface area contributed by atoms with Crippen LogP contribution in [0, 0.1) is 19.7 Å². The molecule has 0 aliphatic carbocycles. The number of anilines is 2. The Hall–Kier alpha value is -4.44. The van der Waals surface area contributed by atoms with E-state index in [9.17, 15) is 14.0 Å². The summed E-state index contributed by atoms with van der Waals surface area (Å²) < 4.78 is 27.3. The molecule has 10 heteroatoms. The average molecular weight is 506 g/mol. The van der Waals surface area contributed by atoms with Gasteiger partial charge in [0.15, 0.2) is 12.9 Å². The molecular weight excluding hydrogens is 477 g/mol. The largest absolute Gasteiger partial charge is 0.483 e. The van der Waals surface area contributed by atoms with Crippen molar-refractivity contribution < 1.29 is 23.5 Å². The summed E-state index contributed by atoms with van der Waals surface area (Å²) in [6, 6.07) is 12.1. The molecule has 9 nitrogen and oxygen atoms in total. The van der Waals surface area contributed by atoms with Gasteiger partial charge in [-0.15, -0.1) is 0 Å². The zero-order chi connectivity index (χ0) is 26.7. The molecule has 1 unspecified atom stereocenters. The Morgan fingerprint density at radius 2 is 1.95 bits per heavy atom. The van der Waals surface area contributed by atoms with Gasteiger partial charge in [-0.1, -0.05) is 25.1 Å². The number of para-hydroxylation sites is 1. The molecule has 2 heterocycles. The number of fused-ring (bicyclic) bond motifs is 1. The Morgan fingerprint density at radius 1 is 1.22 bits per heavy atom. The first kappa shape index (κ1) is 25.6. The van der Waals surface area contributed by atoms with Crippen LogP contribution in [-0.4, -0.2) is 34.4 Å². The van der Waals surface area contributed by atoms with Crippen LogP contribution in [0.5, 0.6) is 11.5 Å². The van der Waals surface area contributed by atoms with Crippen molar-refractivity contribution in [3.8, 4) is 22.8 Å². The number of nitrogens with zero attached hydrogens (tertiary/aromatic N) is 2. The minimum absolute atomic E-state index is 0.250. The second kappa shape index (κ2) is 10.7. The van der Waals surface area contributed by atoms with E-state index in [4.69, 9.17) is 25.9 Å². The summed E-state index contributed by atoms with van der Waals surface area (Å²) in [5.41, 5.74) is 16.1. The third-order valence-electron chi connectivity index (χ3n) is 5.86. The maximum atomic E-state index is 14.4. The Kier molecular flexibility index (Phi) is 7.40. The number of carbonyl (C=O) groups excluding carboxylic acids is 2. The van der Waals surface area contributed by atoms with Gasteiger partial charge in [0.25, 0.3) is 5.91 Å². The molecule has 1 amide bonds. The number of nitrogens with two attached hydrogens (primary N) is 2. The maximum Gasteiger partial charge on any atom is 0.255 e. The topological polar surface area (TPSA) is 134 Å². The second-order valence-corrected chi connectivity index (χ2v) is 8.56. The predicted molar refractivity (Wildman–Crippen MR) is 139 cm³/mol. The summed E-state index contributed by atoms with van der Waals surface area (Å²) in [7, 11) is 0. The Bertz CT molecular complexity index is 1460. The molecule has 0 saturated carbocycles. The Balaban J connectivity index is 1.99. The Labute approximate surface area is 213 Å². The number of rotatable bonds is 10. The summed E-state index contributed by atoms with van der Waals surface area (Å²) in [5, 5.41) is 3.45. The number of aldehydes is 1. The number of aryl methyl sites for hydroxylation is 3. The highest BCUT2D eigenvalue weighted by Gasteiger charge is 2.24. The van der Waals surface area contributed by atoms with Gasteiger partial charge in [-0.25, -0.2) is 9.37 Å². The lowest BCUT2D eigenvalue weighted by Gasteiger charge is -2.19. The highest BCUT2D eigenvalue weighted by molar-refractivity contribution is 5.86. The number of hydrogen-bond acceptors (Lipinski definition) is 7. The smallest absolute Gasteiger partial charge is 0.255 e. The van der Waals surface area contributed by atoms with E-state index in [0.717, 1.165) is 22.4 Å². The first-order valence-electron chi connectivity index (χ1n) is 11.7. The molecule has 5 N–H and O–H groups in total. The van der Waals surface area contributed by atoms with Gasteiger partial charge in [-0.05, 0) is 55.2 Å². The van der Waals surface area contributed by atoms with Crippen LogP contribution in [0.4, 0.5) is 15.9 Å². The van der Waals surface area contributed by atoms with Crippen molar-refractivity contribution in [3.63, 3.8) is 0 Å². The van der Waals surface area contributed by atoms with Crippen molar-refractivity contribution in [2.24, 2.45) is 11.5 Å². The van der Waals surface area contributed by atoms with Crippen LogP contribution in [0.25, 0.3) is 16.9 Å². The number of benzene rings is 2. The minimum atomic E-state index is -1.18. The number of hydrogen-bond donors (Lipinski definition) is 3. The summed E-state index contributed by atoms with van der Waals surface area (Å²) in [6.45, 7) is 5.47. The SMILES string of the molecule is CCc1cc(OC(N)C=O)cc(OCC(N)=O)c1-c1nc2ccc(F)cn2c1Nc1c(C)cccc1C. The second-order valence-electron chi connectivity index (χ2n) is 8.56. The standard InChI is InChI=1S/C27H28FN5O4/c1-4-17-10-19(37-22(30)13-34)11-20(36-14-21(29)35)24(17)26-27(32-25-15(2)6-5-7-16(25)3)33-12-18(28)8-9-23(33)31-26/h5-13,22,32H,4,14,30H2,1-3H3,(H2,29,35). The van der Waals surface area contributed by atoms with Gasteiger partial charge in [0, 0.05) is 23.5 Å². The van der Waals surface area contributed by atoms with Crippen LogP contribution in [0.3, 0.4) is 0 Å². The number of nitrogens with one attached hydrogen (secondary N) is 1.